The topological polar surface area (TPSA) is 56.6 Å². The summed E-state index contributed by atoms with van der Waals surface area (Å²) in [5.74, 6) is 1.35. The predicted octanol–water partition coefficient (Wildman–Crippen LogP) is 1.09. The number of hydrogen-bond donors (Lipinski definition) is 2. The van der Waals surface area contributed by atoms with Crippen LogP contribution in [0.2, 0.25) is 0 Å². The SMILES string of the molecule is Cc1cc(CO)cnc1N1CCCC(CO)C1. The van der Waals surface area contributed by atoms with E-state index in [4.69, 9.17) is 5.11 Å². The molecule has 0 saturated carbocycles. The van der Waals surface area contributed by atoms with E-state index in [-0.39, 0.29) is 13.2 Å². The van der Waals surface area contributed by atoms with Crippen LogP contribution in [-0.4, -0.2) is 34.9 Å². The summed E-state index contributed by atoms with van der Waals surface area (Å²) >= 11 is 0. The highest BCUT2D eigenvalue weighted by Gasteiger charge is 2.21. The fourth-order valence-electron chi connectivity index (χ4n) is 2.45. The second-order valence-electron chi connectivity index (χ2n) is 4.78. The van der Waals surface area contributed by atoms with E-state index in [0.29, 0.717) is 5.92 Å². The highest BCUT2D eigenvalue weighted by atomic mass is 16.3. The molecule has 0 amide bonds. The lowest BCUT2D eigenvalue weighted by Crippen LogP contribution is -2.37. The number of rotatable bonds is 3. The third-order valence-corrected chi connectivity index (χ3v) is 3.37. The van der Waals surface area contributed by atoms with Gasteiger partial charge in [-0.3, -0.25) is 0 Å². The van der Waals surface area contributed by atoms with Gasteiger partial charge in [-0.1, -0.05) is 0 Å². The highest BCUT2D eigenvalue weighted by Crippen LogP contribution is 2.24. The average Bonchev–Trinajstić information content (AvgIpc) is 2.38. The first-order chi connectivity index (χ1) is 8.24. The van der Waals surface area contributed by atoms with Crippen molar-refractivity contribution in [1.29, 1.82) is 0 Å². The van der Waals surface area contributed by atoms with Crippen molar-refractivity contribution < 1.29 is 10.2 Å². The molecule has 17 heavy (non-hydrogen) atoms. The van der Waals surface area contributed by atoms with Crippen LogP contribution < -0.4 is 4.90 Å². The van der Waals surface area contributed by atoms with Crippen LogP contribution in [0.4, 0.5) is 5.82 Å². The lowest BCUT2D eigenvalue weighted by atomic mass is 9.98. The first kappa shape index (κ1) is 12.3. The van der Waals surface area contributed by atoms with Crippen LogP contribution in [0, 0.1) is 12.8 Å². The molecule has 1 aromatic heterocycles. The third-order valence-electron chi connectivity index (χ3n) is 3.37. The second kappa shape index (κ2) is 5.47. The van der Waals surface area contributed by atoms with E-state index < -0.39 is 0 Å². The van der Waals surface area contributed by atoms with E-state index in [2.05, 4.69) is 9.88 Å². The Bertz CT molecular complexity index is 382. The van der Waals surface area contributed by atoms with Gasteiger partial charge in [-0.2, -0.15) is 0 Å². The van der Waals surface area contributed by atoms with Crippen molar-refractivity contribution in [2.75, 3.05) is 24.6 Å². The summed E-state index contributed by atoms with van der Waals surface area (Å²) in [6.07, 6.45) is 3.93. The normalized spacial score (nSPS) is 20.6. The van der Waals surface area contributed by atoms with Crippen molar-refractivity contribution in [3.63, 3.8) is 0 Å². The maximum absolute atomic E-state index is 9.23. The van der Waals surface area contributed by atoms with E-state index in [0.717, 1.165) is 42.9 Å². The minimum absolute atomic E-state index is 0.0351. The fraction of sp³-hybridized carbons (Fsp3) is 0.615. The maximum Gasteiger partial charge on any atom is 0.131 e. The van der Waals surface area contributed by atoms with Gasteiger partial charge in [-0.25, -0.2) is 4.98 Å². The number of aryl methyl sites for hydroxylation is 1. The summed E-state index contributed by atoms with van der Waals surface area (Å²) in [7, 11) is 0. The first-order valence-electron chi connectivity index (χ1n) is 6.16. The zero-order valence-corrected chi connectivity index (χ0v) is 10.3. The Labute approximate surface area is 102 Å². The number of aromatic nitrogens is 1. The quantitative estimate of drug-likeness (QED) is 0.825. The molecule has 0 spiro atoms. The molecule has 2 heterocycles. The molecule has 1 aliphatic rings. The Kier molecular flexibility index (Phi) is 3.97. The molecule has 1 fully saturated rings. The smallest absolute Gasteiger partial charge is 0.131 e. The number of piperidine rings is 1. The summed E-state index contributed by atoms with van der Waals surface area (Å²) in [6.45, 7) is 4.19. The molecule has 1 atom stereocenters. The van der Waals surface area contributed by atoms with Crippen molar-refractivity contribution in [2.24, 2.45) is 5.92 Å². The van der Waals surface area contributed by atoms with Gasteiger partial charge in [-0.05, 0) is 42.9 Å². The van der Waals surface area contributed by atoms with Crippen molar-refractivity contribution in [1.82, 2.24) is 4.98 Å². The minimum atomic E-state index is 0.0351. The van der Waals surface area contributed by atoms with Crippen molar-refractivity contribution in [2.45, 2.75) is 26.4 Å². The molecular weight excluding hydrogens is 216 g/mol. The maximum atomic E-state index is 9.23. The summed E-state index contributed by atoms with van der Waals surface area (Å²) < 4.78 is 0. The van der Waals surface area contributed by atoms with Gasteiger partial charge >= 0.3 is 0 Å². The molecule has 0 bridgehead atoms. The Morgan fingerprint density at radius 2 is 2.29 bits per heavy atom. The van der Waals surface area contributed by atoms with Gasteiger partial charge in [0.05, 0.1) is 6.61 Å². The lowest BCUT2D eigenvalue weighted by molar-refractivity contribution is 0.208. The standard InChI is InChI=1S/C13H20N2O2/c1-10-5-12(9-17)6-14-13(10)15-4-2-3-11(7-15)8-16/h5-6,11,16-17H,2-4,7-9H2,1H3. The summed E-state index contributed by atoms with van der Waals surface area (Å²) in [6, 6.07) is 1.98. The first-order valence-corrected chi connectivity index (χ1v) is 6.16. The fourth-order valence-corrected chi connectivity index (χ4v) is 2.45. The van der Waals surface area contributed by atoms with Crippen molar-refractivity contribution in [3.05, 3.63) is 23.4 Å². The molecule has 2 rings (SSSR count). The van der Waals surface area contributed by atoms with Crippen LogP contribution in [0.5, 0.6) is 0 Å². The van der Waals surface area contributed by atoms with Gasteiger partial charge in [-0.15, -0.1) is 0 Å². The minimum Gasteiger partial charge on any atom is -0.396 e. The zero-order valence-electron chi connectivity index (χ0n) is 10.3. The van der Waals surface area contributed by atoms with Gasteiger partial charge in [0.1, 0.15) is 5.82 Å². The van der Waals surface area contributed by atoms with E-state index in [1.54, 1.807) is 6.20 Å². The molecule has 0 aliphatic carbocycles. The van der Waals surface area contributed by atoms with Crippen LogP contribution in [0.3, 0.4) is 0 Å². The summed E-state index contributed by atoms with van der Waals surface area (Å²) in [5, 5.41) is 18.3. The predicted molar refractivity (Wildman–Crippen MR) is 66.9 cm³/mol. The van der Waals surface area contributed by atoms with Gasteiger partial charge in [0.15, 0.2) is 0 Å². The molecule has 0 radical (unpaired) electrons. The molecule has 4 nitrogen and oxygen atoms in total. The zero-order chi connectivity index (χ0) is 12.3. The van der Waals surface area contributed by atoms with E-state index in [1.807, 2.05) is 13.0 Å². The number of aliphatic hydroxyl groups excluding tert-OH is 2. The lowest BCUT2D eigenvalue weighted by Gasteiger charge is -2.33. The van der Waals surface area contributed by atoms with Gasteiger partial charge in [0.25, 0.3) is 0 Å². The van der Waals surface area contributed by atoms with E-state index in [1.165, 1.54) is 0 Å². The monoisotopic (exact) mass is 236 g/mol. The molecule has 1 aromatic rings. The molecular formula is C13H20N2O2. The molecule has 1 unspecified atom stereocenters. The number of anilines is 1. The van der Waals surface area contributed by atoms with E-state index in [9.17, 15) is 5.11 Å². The van der Waals surface area contributed by atoms with Gasteiger partial charge in [0.2, 0.25) is 0 Å². The molecule has 94 valence electrons. The second-order valence-corrected chi connectivity index (χ2v) is 4.78. The Balaban J connectivity index is 2.16. The molecule has 1 aliphatic heterocycles. The van der Waals surface area contributed by atoms with Crippen LogP contribution in [0.1, 0.15) is 24.0 Å². The van der Waals surface area contributed by atoms with E-state index >= 15 is 0 Å². The van der Waals surface area contributed by atoms with Crippen LogP contribution >= 0.6 is 0 Å². The number of nitrogens with zero attached hydrogens (tertiary/aromatic N) is 2. The molecule has 4 heteroatoms. The van der Waals surface area contributed by atoms with Crippen LogP contribution in [0.15, 0.2) is 12.3 Å². The Morgan fingerprint density at radius 3 is 2.94 bits per heavy atom. The Hall–Kier alpha value is -1.13. The highest BCUT2D eigenvalue weighted by molar-refractivity contribution is 5.47. The number of aliphatic hydroxyl groups is 2. The number of hydrogen-bond acceptors (Lipinski definition) is 4. The number of pyridine rings is 1. The molecule has 1 saturated heterocycles. The van der Waals surface area contributed by atoms with Crippen LogP contribution in [0.25, 0.3) is 0 Å². The average molecular weight is 236 g/mol. The van der Waals surface area contributed by atoms with Gasteiger partial charge < -0.3 is 15.1 Å². The molecule has 2 N–H and O–H groups in total. The van der Waals surface area contributed by atoms with Gasteiger partial charge in [0, 0.05) is 25.9 Å². The largest absolute Gasteiger partial charge is 0.396 e. The van der Waals surface area contributed by atoms with Crippen molar-refractivity contribution in [3.8, 4) is 0 Å². The third kappa shape index (κ3) is 2.76. The molecule has 0 aromatic carbocycles. The van der Waals surface area contributed by atoms with Crippen LogP contribution in [-0.2, 0) is 6.61 Å². The summed E-state index contributed by atoms with van der Waals surface area (Å²) in [4.78, 5) is 6.66. The van der Waals surface area contributed by atoms with Crippen molar-refractivity contribution >= 4 is 5.82 Å². The Morgan fingerprint density at radius 1 is 1.47 bits per heavy atom. The summed E-state index contributed by atoms with van der Waals surface area (Å²) in [5.41, 5.74) is 1.94.